The van der Waals surface area contributed by atoms with E-state index < -0.39 is 15.6 Å². The maximum absolute atomic E-state index is 13.1. The van der Waals surface area contributed by atoms with Gasteiger partial charge in [-0.15, -0.1) is 0 Å². The third-order valence-corrected chi connectivity index (χ3v) is 8.09. The van der Waals surface area contributed by atoms with Crippen LogP contribution in [0.15, 0.2) is 47.4 Å². The molecule has 0 bridgehead atoms. The molecule has 1 atom stereocenters. The zero-order valence-corrected chi connectivity index (χ0v) is 20.7. The SMILES string of the molecule is COc1ccc(S(=O)(=O)N2CCOCC2)cc1CCC(=O)N[C@H]1CC(C)(C)Oc2ccccc21. The number of sulfonamides is 1. The number of rotatable bonds is 7. The first-order chi connectivity index (χ1) is 16.2. The maximum atomic E-state index is 13.1. The molecule has 0 saturated carbocycles. The topological polar surface area (TPSA) is 94.2 Å². The smallest absolute Gasteiger partial charge is 0.243 e. The van der Waals surface area contributed by atoms with E-state index >= 15 is 0 Å². The maximum Gasteiger partial charge on any atom is 0.243 e. The Morgan fingerprint density at radius 2 is 1.91 bits per heavy atom. The molecule has 2 aliphatic rings. The predicted molar refractivity (Wildman–Crippen MR) is 128 cm³/mol. The highest BCUT2D eigenvalue weighted by atomic mass is 32.2. The van der Waals surface area contributed by atoms with Crippen LogP contribution in [0, 0.1) is 0 Å². The molecule has 34 heavy (non-hydrogen) atoms. The second-order valence-electron chi connectivity index (χ2n) is 9.21. The third kappa shape index (κ3) is 5.37. The normalized spacial score (nSPS) is 20.1. The lowest BCUT2D eigenvalue weighted by Gasteiger charge is -2.37. The number of benzene rings is 2. The van der Waals surface area contributed by atoms with Crippen molar-refractivity contribution in [2.75, 3.05) is 33.4 Å². The summed E-state index contributed by atoms with van der Waals surface area (Å²) in [7, 11) is -2.10. The van der Waals surface area contributed by atoms with Crippen LogP contribution in [0.25, 0.3) is 0 Å². The van der Waals surface area contributed by atoms with E-state index in [0.29, 0.717) is 50.5 Å². The average Bonchev–Trinajstić information content (AvgIpc) is 2.82. The average molecular weight is 489 g/mol. The van der Waals surface area contributed by atoms with Gasteiger partial charge in [-0.2, -0.15) is 4.31 Å². The Bertz CT molecular complexity index is 1140. The molecule has 0 spiro atoms. The van der Waals surface area contributed by atoms with Crippen molar-refractivity contribution in [2.24, 2.45) is 0 Å². The lowest BCUT2D eigenvalue weighted by Crippen LogP contribution is -2.41. The van der Waals surface area contributed by atoms with Crippen molar-refractivity contribution < 1.29 is 27.4 Å². The number of methoxy groups -OCH3 is 1. The molecule has 4 rings (SSSR count). The van der Waals surface area contributed by atoms with E-state index in [4.69, 9.17) is 14.2 Å². The van der Waals surface area contributed by atoms with Gasteiger partial charge in [0.2, 0.25) is 15.9 Å². The van der Waals surface area contributed by atoms with Gasteiger partial charge < -0.3 is 19.5 Å². The summed E-state index contributed by atoms with van der Waals surface area (Å²) >= 11 is 0. The van der Waals surface area contributed by atoms with Gasteiger partial charge in [0.05, 0.1) is 31.3 Å². The zero-order valence-electron chi connectivity index (χ0n) is 19.9. The van der Waals surface area contributed by atoms with Crippen molar-refractivity contribution in [3.8, 4) is 11.5 Å². The van der Waals surface area contributed by atoms with Crippen LogP contribution < -0.4 is 14.8 Å². The summed E-state index contributed by atoms with van der Waals surface area (Å²) in [6.45, 7) is 5.44. The lowest BCUT2D eigenvalue weighted by molar-refractivity contribution is -0.122. The van der Waals surface area contributed by atoms with E-state index in [2.05, 4.69) is 5.32 Å². The number of fused-ring (bicyclic) bond motifs is 1. The number of amides is 1. The molecule has 0 radical (unpaired) electrons. The highest BCUT2D eigenvalue weighted by Crippen LogP contribution is 2.39. The number of morpholine rings is 1. The summed E-state index contributed by atoms with van der Waals surface area (Å²) in [6, 6.07) is 12.4. The quantitative estimate of drug-likeness (QED) is 0.644. The van der Waals surface area contributed by atoms with Crippen LogP contribution in [0.5, 0.6) is 11.5 Å². The molecular weight excluding hydrogens is 456 g/mol. The molecular formula is C25H32N2O6S. The summed E-state index contributed by atoms with van der Waals surface area (Å²) in [5.41, 5.74) is 1.25. The summed E-state index contributed by atoms with van der Waals surface area (Å²) in [4.78, 5) is 13.1. The van der Waals surface area contributed by atoms with Crippen LogP contribution in [-0.2, 0) is 26.0 Å². The van der Waals surface area contributed by atoms with Crippen LogP contribution in [-0.4, -0.2) is 57.6 Å². The van der Waals surface area contributed by atoms with Gasteiger partial charge in [0.15, 0.2) is 0 Å². The first kappa shape index (κ1) is 24.5. The summed E-state index contributed by atoms with van der Waals surface area (Å²) in [5, 5.41) is 3.13. The summed E-state index contributed by atoms with van der Waals surface area (Å²) < 4.78 is 44.3. The molecule has 0 aliphatic carbocycles. The number of nitrogens with zero attached hydrogens (tertiary/aromatic N) is 1. The molecule has 2 heterocycles. The van der Waals surface area contributed by atoms with Gasteiger partial charge in [-0.3, -0.25) is 4.79 Å². The van der Waals surface area contributed by atoms with E-state index in [0.717, 1.165) is 11.3 Å². The van der Waals surface area contributed by atoms with Crippen molar-refractivity contribution in [2.45, 2.75) is 49.6 Å². The minimum Gasteiger partial charge on any atom is -0.496 e. The number of carbonyl (C=O) groups excluding carboxylic acids is 1. The van der Waals surface area contributed by atoms with Gasteiger partial charge in [0, 0.05) is 31.5 Å². The van der Waals surface area contributed by atoms with E-state index in [1.165, 1.54) is 11.4 Å². The molecule has 0 aromatic heterocycles. The van der Waals surface area contributed by atoms with Crippen LogP contribution in [0.2, 0.25) is 0 Å². The van der Waals surface area contributed by atoms with Crippen LogP contribution in [0.3, 0.4) is 0 Å². The minimum absolute atomic E-state index is 0.110. The van der Waals surface area contributed by atoms with Crippen molar-refractivity contribution >= 4 is 15.9 Å². The lowest BCUT2D eigenvalue weighted by atomic mass is 9.89. The van der Waals surface area contributed by atoms with Gasteiger partial charge >= 0.3 is 0 Å². The van der Waals surface area contributed by atoms with Gasteiger partial charge in [0.25, 0.3) is 0 Å². The van der Waals surface area contributed by atoms with E-state index in [1.807, 2.05) is 38.1 Å². The highest BCUT2D eigenvalue weighted by molar-refractivity contribution is 7.89. The Hall–Kier alpha value is -2.62. The number of hydrogen-bond acceptors (Lipinski definition) is 6. The van der Waals surface area contributed by atoms with Crippen molar-refractivity contribution in [1.82, 2.24) is 9.62 Å². The van der Waals surface area contributed by atoms with Gasteiger partial charge in [-0.1, -0.05) is 18.2 Å². The largest absolute Gasteiger partial charge is 0.496 e. The third-order valence-electron chi connectivity index (χ3n) is 6.19. The zero-order chi connectivity index (χ0) is 24.3. The molecule has 1 amide bonds. The fourth-order valence-corrected chi connectivity index (χ4v) is 5.95. The molecule has 2 aliphatic heterocycles. The van der Waals surface area contributed by atoms with Gasteiger partial charge in [0.1, 0.15) is 17.1 Å². The second kappa shape index (κ2) is 9.93. The Kier molecular flexibility index (Phi) is 7.16. The molecule has 9 heteroatoms. The Balaban J connectivity index is 1.47. The minimum atomic E-state index is -3.63. The van der Waals surface area contributed by atoms with E-state index in [1.54, 1.807) is 18.2 Å². The number of carbonyl (C=O) groups is 1. The predicted octanol–water partition coefficient (Wildman–Crippen LogP) is 3.07. The molecule has 2 aromatic rings. The summed E-state index contributed by atoms with van der Waals surface area (Å²) in [5.74, 6) is 1.24. The van der Waals surface area contributed by atoms with Gasteiger partial charge in [-0.25, -0.2) is 8.42 Å². The van der Waals surface area contributed by atoms with Crippen LogP contribution in [0.4, 0.5) is 0 Å². The number of para-hydroxylation sites is 1. The molecule has 0 unspecified atom stereocenters. The van der Waals surface area contributed by atoms with Gasteiger partial charge in [-0.05, 0) is 50.1 Å². The fourth-order valence-electron chi connectivity index (χ4n) is 4.49. The molecule has 1 N–H and O–H groups in total. The molecule has 184 valence electrons. The number of hydrogen-bond donors (Lipinski definition) is 1. The first-order valence-corrected chi connectivity index (χ1v) is 13.0. The standard InChI is InChI=1S/C25H32N2O6S/c1-25(2)17-21(20-6-4-5-7-23(20)33-25)26-24(28)11-8-18-16-19(9-10-22(18)31-3)34(29,30)27-12-14-32-15-13-27/h4-7,9-10,16,21H,8,11-15,17H2,1-3H3,(H,26,28)/t21-/m0/s1. The number of aryl methyl sites for hydroxylation is 1. The monoisotopic (exact) mass is 488 g/mol. The van der Waals surface area contributed by atoms with Crippen molar-refractivity contribution in [3.05, 3.63) is 53.6 Å². The molecule has 8 nitrogen and oxygen atoms in total. The van der Waals surface area contributed by atoms with Crippen molar-refractivity contribution in [3.63, 3.8) is 0 Å². The number of ether oxygens (including phenoxy) is 3. The number of nitrogens with one attached hydrogen (secondary N) is 1. The van der Waals surface area contributed by atoms with Crippen LogP contribution in [0.1, 0.15) is 43.9 Å². The fraction of sp³-hybridized carbons (Fsp3) is 0.480. The first-order valence-electron chi connectivity index (χ1n) is 11.5. The molecule has 2 aromatic carbocycles. The molecule has 1 fully saturated rings. The van der Waals surface area contributed by atoms with Crippen molar-refractivity contribution in [1.29, 1.82) is 0 Å². The second-order valence-corrected chi connectivity index (χ2v) is 11.2. The summed E-state index contributed by atoms with van der Waals surface area (Å²) in [6.07, 6.45) is 1.22. The van der Waals surface area contributed by atoms with E-state index in [9.17, 15) is 13.2 Å². The highest BCUT2D eigenvalue weighted by Gasteiger charge is 2.34. The Morgan fingerprint density at radius 3 is 2.65 bits per heavy atom. The Labute approximate surface area is 201 Å². The van der Waals surface area contributed by atoms with Crippen LogP contribution >= 0.6 is 0 Å². The Morgan fingerprint density at radius 1 is 1.18 bits per heavy atom. The molecule has 1 saturated heterocycles. The van der Waals surface area contributed by atoms with E-state index in [-0.39, 0.29) is 23.3 Å².